The number of likely N-dealkylation sites (tertiary alicyclic amines) is 1. The Balaban J connectivity index is 0.800. The average molecular weight is 937 g/mol. The first-order chi connectivity index (χ1) is 30.8. The SMILES string of the molecule is CS(=O)(=O)N1CCC(C(=O)N[C@@H](CCOCCCC(=O)NCCCCCCCCNC2CCCC3C(=O)N(C4CCC(=O)NC4=O)C(=O)C23)C(=O)NC2NC(C3CCCCC3)CS2)C1. The Kier molecular flexibility index (Phi) is 19.3. The van der Waals surface area contributed by atoms with Gasteiger partial charge in [0.2, 0.25) is 51.4 Å². The Morgan fingerprint density at radius 2 is 1.61 bits per heavy atom. The van der Waals surface area contributed by atoms with Crippen LogP contribution in [0.4, 0.5) is 0 Å². The van der Waals surface area contributed by atoms with E-state index in [0.717, 1.165) is 74.8 Å². The van der Waals surface area contributed by atoms with E-state index in [1.54, 1.807) is 11.8 Å². The predicted octanol–water partition coefficient (Wildman–Crippen LogP) is 1.63. The van der Waals surface area contributed by atoms with Crippen molar-refractivity contribution in [2.75, 3.05) is 51.4 Å². The maximum absolute atomic E-state index is 13.5. The second kappa shape index (κ2) is 24.6. The number of carbonyl (C=O) groups is 7. The zero-order valence-corrected chi connectivity index (χ0v) is 39.2. The zero-order valence-electron chi connectivity index (χ0n) is 37.6. The Morgan fingerprint density at radius 1 is 0.859 bits per heavy atom. The van der Waals surface area contributed by atoms with Crippen molar-refractivity contribution in [3.05, 3.63) is 0 Å². The van der Waals surface area contributed by atoms with Crippen molar-refractivity contribution in [1.29, 1.82) is 0 Å². The number of rotatable bonds is 24. The molecule has 0 radical (unpaired) electrons. The number of nitrogens with one attached hydrogen (secondary N) is 6. The molecule has 6 N–H and O–H groups in total. The molecule has 6 aliphatic rings. The number of ether oxygens (including phenoxy) is 1. The summed E-state index contributed by atoms with van der Waals surface area (Å²) in [6.07, 6.45) is 17.3. The number of hydrogen-bond donors (Lipinski definition) is 6. The topological polar surface area (TPSA) is 242 Å². The number of fused-ring (bicyclic) bond motifs is 1. The standard InChI is InChI=1S/C44H72N8O10S2/c1-64(60,61)51-24-20-30(27-51)39(55)47-33(40(56)50-44-48-34(28-63-44)29-13-7-6-8-14-29)21-26-62-25-12-17-36(53)46-23-10-5-3-2-4-9-22-45-32-16-11-15-31-38(32)43(59)52(42(31)58)35-18-19-37(54)49-41(35)57/h29-35,38,44-45,48H,2-28H2,1H3,(H,46,53)(H,47,55)(H,50,56)(H,49,54,57)/t30?,31?,32?,33-,34?,35?,38?,44?/m0/s1. The highest BCUT2D eigenvalue weighted by atomic mass is 32.2. The summed E-state index contributed by atoms with van der Waals surface area (Å²) < 4.78 is 31.2. The molecule has 64 heavy (non-hydrogen) atoms. The molecule has 4 aliphatic heterocycles. The molecule has 4 saturated heterocycles. The third-order valence-electron chi connectivity index (χ3n) is 14.0. The van der Waals surface area contributed by atoms with Gasteiger partial charge in [0.1, 0.15) is 17.6 Å². The molecule has 4 heterocycles. The lowest BCUT2D eigenvalue weighted by molar-refractivity contribution is -0.151. The summed E-state index contributed by atoms with van der Waals surface area (Å²) in [5.74, 6) is -2.09. The summed E-state index contributed by atoms with van der Waals surface area (Å²) >= 11 is 1.67. The van der Waals surface area contributed by atoms with Crippen LogP contribution in [0.3, 0.4) is 0 Å². The fraction of sp³-hybridized carbons (Fsp3) is 0.841. The molecule has 6 rings (SSSR count). The van der Waals surface area contributed by atoms with Crippen molar-refractivity contribution in [3.8, 4) is 0 Å². The quantitative estimate of drug-likeness (QED) is 0.0597. The fourth-order valence-electron chi connectivity index (χ4n) is 10.3. The number of piperidine rings is 1. The van der Waals surface area contributed by atoms with Crippen LogP contribution in [0.5, 0.6) is 0 Å². The minimum Gasteiger partial charge on any atom is -0.381 e. The van der Waals surface area contributed by atoms with E-state index in [2.05, 4.69) is 31.9 Å². The van der Waals surface area contributed by atoms with E-state index >= 15 is 0 Å². The van der Waals surface area contributed by atoms with Crippen molar-refractivity contribution in [2.45, 2.75) is 158 Å². The summed E-state index contributed by atoms with van der Waals surface area (Å²) in [7, 11) is -3.41. The molecular formula is C44H72N8O10S2. The molecule has 2 saturated carbocycles. The van der Waals surface area contributed by atoms with Gasteiger partial charge in [0, 0.05) is 63.5 Å². The van der Waals surface area contributed by atoms with Crippen LogP contribution in [0.2, 0.25) is 0 Å². The van der Waals surface area contributed by atoms with Crippen molar-refractivity contribution >= 4 is 63.1 Å². The lowest BCUT2D eigenvalue weighted by Gasteiger charge is -2.31. The number of hydrogen-bond acceptors (Lipinski definition) is 13. The van der Waals surface area contributed by atoms with Gasteiger partial charge in [-0.25, -0.2) is 12.7 Å². The van der Waals surface area contributed by atoms with Gasteiger partial charge < -0.3 is 26.0 Å². The maximum atomic E-state index is 13.5. The first kappa shape index (κ1) is 50.2. The van der Waals surface area contributed by atoms with E-state index < -0.39 is 45.8 Å². The molecule has 6 fully saturated rings. The second-order valence-corrected chi connectivity index (χ2v) is 21.8. The van der Waals surface area contributed by atoms with Crippen LogP contribution in [0.25, 0.3) is 0 Å². The molecule has 2 aliphatic carbocycles. The number of carbonyl (C=O) groups excluding carboxylic acids is 7. The molecule has 0 aromatic heterocycles. The third-order valence-corrected chi connectivity index (χ3v) is 16.4. The molecule has 8 atom stereocenters. The Labute approximate surface area is 382 Å². The lowest BCUT2D eigenvalue weighted by atomic mass is 9.77. The lowest BCUT2D eigenvalue weighted by Crippen LogP contribution is -2.55. The highest BCUT2D eigenvalue weighted by Crippen LogP contribution is 2.40. The van der Waals surface area contributed by atoms with E-state index in [9.17, 15) is 42.0 Å². The van der Waals surface area contributed by atoms with Crippen molar-refractivity contribution in [3.63, 3.8) is 0 Å². The normalized spacial score (nSPS) is 28.5. The van der Waals surface area contributed by atoms with Crippen LogP contribution in [-0.2, 0) is 48.3 Å². The summed E-state index contributed by atoms with van der Waals surface area (Å²) in [5, 5.41) is 18.3. The van der Waals surface area contributed by atoms with E-state index in [0.29, 0.717) is 50.8 Å². The molecular weight excluding hydrogens is 865 g/mol. The summed E-state index contributed by atoms with van der Waals surface area (Å²) in [4.78, 5) is 91.0. The van der Waals surface area contributed by atoms with Gasteiger partial charge in [-0.05, 0) is 76.7 Å². The van der Waals surface area contributed by atoms with Gasteiger partial charge in [-0.1, -0.05) is 51.4 Å². The monoisotopic (exact) mass is 936 g/mol. The molecule has 360 valence electrons. The molecule has 7 amide bonds. The van der Waals surface area contributed by atoms with E-state index in [1.165, 1.54) is 36.4 Å². The third kappa shape index (κ3) is 14.2. The van der Waals surface area contributed by atoms with Crippen LogP contribution in [0, 0.1) is 23.7 Å². The van der Waals surface area contributed by atoms with Crippen LogP contribution in [0.15, 0.2) is 0 Å². The number of unbranched alkanes of at least 4 members (excludes halogenated alkanes) is 5. The highest BCUT2D eigenvalue weighted by Gasteiger charge is 2.55. The molecule has 20 heteroatoms. The first-order valence-electron chi connectivity index (χ1n) is 24.0. The van der Waals surface area contributed by atoms with Crippen LogP contribution in [0.1, 0.15) is 128 Å². The highest BCUT2D eigenvalue weighted by molar-refractivity contribution is 8.00. The molecule has 0 aromatic rings. The number of thioether (sulfide) groups is 1. The van der Waals surface area contributed by atoms with Crippen LogP contribution in [-0.4, -0.2) is 140 Å². The molecule has 18 nitrogen and oxygen atoms in total. The largest absolute Gasteiger partial charge is 0.381 e. The molecule has 0 spiro atoms. The summed E-state index contributed by atoms with van der Waals surface area (Å²) in [6.45, 7) is 2.25. The van der Waals surface area contributed by atoms with Crippen LogP contribution < -0.4 is 31.9 Å². The van der Waals surface area contributed by atoms with Crippen molar-refractivity contribution < 1.29 is 46.7 Å². The predicted molar refractivity (Wildman–Crippen MR) is 240 cm³/mol. The van der Waals surface area contributed by atoms with Gasteiger partial charge >= 0.3 is 0 Å². The fourth-order valence-corrected chi connectivity index (χ4v) is 12.5. The minimum atomic E-state index is -3.41. The molecule has 7 unspecified atom stereocenters. The Hall–Kier alpha value is -3.17. The summed E-state index contributed by atoms with van der Waals surface area (Å²) in [6, 6.07) is -1.51. The summed E-state index contributed by atoms with van der Waals surface area (Å²) in [5.41, 5.74) is -0.249. The number of sulfonamides is 1. The first-order valence-corrected chi connectivity index (χ1v) is 26.9. The number of nitrogens with zero attached hydrogens (tertiary/aromatic N) is 2. The Bertz CT molecular complexity index is 1770. The van der Waals surface area contributed by atoms with Crippen LogP contribution >= 0.6 is 11.8 Å². The molecule has 0 bridgehead atoms. The van der Waals surface area contributed by atoms with Gasteiger partial charge in [-0.2, -0.15) is 0 Å². The van der Waals surface area contributed by atoms with Crippen molar-refractivity contribution in [2.24, 2.45) is 23.7 Å². The maximum Gasteiger partial charge on any atom is 0.249 e. The smallest absolute Gasteiger partial charge is 0.249 e. The minimum absolute atomic E-state index is 0.0420. The number of imide groups is 2. The number of amides is 7. The van der Waals surface area contributed by atoms with Crippen molar-refractivity contribution in [1.82, 2.24) is 41.1 Å². The van der Waals surface area contributed by atoms with Gasteiger partial charge in [0.05, 0.1) is 24.0 Å². The Morgan fingerprint density at radius 3 is 2.34 bits per heavy atom. The van der Waals surface area contributed by atoms with Gasteiger partial charge in [0.25, 0.3) is 0 Å². The average Bonchev–Trinajstić information content (AvgIpc) is 4.02. The van der Waals surface area contributed by atoms with E-state index in [1.807, 2.05) is 0 Å². The van der Waals surface area contributed by atoms with E-state index in [4.69, 9.17) is 4.74 Å². The second-order valence-electron chi connectivity index (χ2n) is 18.7. The van der Waals surface area contributed by atoms with Gasteiger partial charge in [-0.15, -0.1) is 11.8 Å². The van der Waals surface area contributed by atoms with E-state index in [-0.39, 0.29) is 85.9 Å². The van der Waals surface area contributed by atoms with Gasteiger partial charge in [0.15, 0.2) is 0 Å². The van der Waals surface area contributed by atoms with Gasteiger partial charge in [-0.3, -0.25) is 49.1 Å². The zero-order chi connectivity index (χ0) is 45.6. The molecule has 0 aromatic carbocycles.